The Morgan fingerprint density at radius 2 is 2.10 bits per heavy atom. The second-order valence-electron chi connectivity index (χ2n) is 5.00. The van der Waals surface area contributed by atoms with Crippen molar-refractivity contribution < 1.29 is 9.90 Å². The molecule has 0 fully saturated rings. The summed E-state index contributed by atoms with van der Waals surface area (Å²) in [6, 6.07) is 3.29. The Bertz CT molecular complexity index is 747. The van der Waals surface area contributed by atoms with E-state index in [9.17, 15) is 9.59 Å². The van der Waals surface area contributed by atoms with Crippen LogP contribution in [0.1, 0.15) is 16.2 Å². The first-order chi connectivity index (χ1) is 10.1. The zero-order chi connectivity index (χ0) is 15.0. The average molecular weight is 288 g/mol. The number of β-amino-alcohol motifs (C(OH)–C–C–N with tert-alkyl or cyclic N) is 1. The van der Waals surface area contributed by atoms with E-state index in [1.54, 1.807) is 34.1 Å². The van der Waals surface area contributed by atoms with Gasteiger partial charge in [0.1, 0.15) is 11.4 Å². The monoisotopic (exact) mass is 288 g/mol. The van der Waals surface area contributed by atoms with Crippen molar-refractivity contribution in [1.29, 1.82) is 0 Å². The van der Waals surface area contributed by atoms with E-state index in [0.29, 0.717) is 24.5 Å². The van der Waals surface area contributed by atoms with Gasteiger partial charge < -0.3 is 19.1 Å². The maximum absolute atomic E-state index is 12.5. The largest absolute Gasteiger partial charge is 0.395 e. The Labute approximate surface area is 121 Å². The van der Waals surface area contributed by atoms with Crippen molar-refractivity contribution in [3.05, 3.63) is 46.4 Å². The van der Waals surface area contributed by atoms with Crippen LogP contribution in [0.25, 0.3) is 5.69 Å². The quantitative estimate of drug-likeness (QED) is 0.847. The molecular weight excluding hydrogens is 272 g/mol. The highest BCUT2D eigenvalue weighted by molar-refractivity contribution is 5.93. The van der Waals surface area contributed by atoms with Gasteiger partial charge in [-0.25, -0.2) is 4.98 Å². The van der Waals surface area contributed by atoms with E-state index in [1.807, 2.05) is 6.92 Å². The Balaban J connectivity index is 2.05. The molecule has 1 amide bonds. The van der Waals surface area contributed by atoms with E-state index in [1.165, 1.54) is 4.57 Å². The molecule has 1 aliphatic rings. The molecule has 0 unspecified atom stereocenters. The van der Waals surface area contributed by atoms with E-state index >= 15 is 0 Å². The molecule has 0 saturated heterocycles. The maximum atomic E-state index is 12.5. The molecule has 0 radical (unpaired) electrons. The first kappa shape index (κ1) is 13.6. The molecule has 7 heteroatoms. The molecule has 0 bridgehead atoms. The molecule has 3 rings (SSSR count). The number of hydrogen-bond acceptors (Lipinski definition) is 4. The predicted octanol–water partition coefficient (Wildman–Crippen LogP) is -0.209. The third-order valence-corrected chi connectivity index (χ3v) is 3.61. The van der Waals surface area contributed by atoms with E-state index in [4.69, 9.17) is 5.11 Å². The van der Waals surface area contributed by atoms with Crippen LogP contribution in [-0.2, 0) is 6.54 Å². The number of rotatable bonds is 3. The van der Waals surface area contributed by atoms with E-state index in [-0.39, 0.29) is 24.6 Å². The third-order valence-electron chi connectivity index (χ3n) is 3.61. The van der Waals surface area contributed by atoms with Gasteiger partial charge in [-0.2, -0.15) is 0 Å². The highest BCUT2D eigenvalue weighted by atomic mass is 16.3. The van der Waals surface area contributed by atoms with Crippen molar-refractivity contribution in [2.24, 2.45) is 0 Å². The van der Waals surface area contributed by atoms with E-state index < -0.39 is 0 Å². The average Bonchev–Trinajstić information content (AvgIpc) is 2.89. The Morgan fingerprint density at radius 1 is 1.29 bits per heavy atom. The van der Waals surface area contributed by atoms with Gasteiger partial charge in [-0.15, -0.1) is 0 Å². The van der Waals surface area contributed by atoms with Crippen LogP contribution in [0.2, 0.25) is 0 Å². The smallest absolute Gasteiger partial charge is 0.275 e. The van der Waals surface area contributed by atoms with E-state index in [0.717, 1.165) is 5.69 Å². The van der Waals surface area contributed by atoms with Gasteiger partial charge in [0.05, 0.1) is 18.6 Å². The summed E-state index contributed by atoms with van der Waals surface area (Å²) in [6.45, 7) is 2.92. The van der Waals surface area contributed by atoms with Crippen LogP contribution in [-0.4, -0.2) is 49.7 Å². The number of imidazole rings is 1. The Kier molecular flexibility index (Phi) is 3.34. The highest BCUT2D eigenvalue weighted by Gasteiger charge is 2.25. The van der Waals surface area contributed by atoms with Gasteiger partial charge in [-0.05, 0) is 19.1 Å². The molecule has 0 saturated carbocycles. The lowest BCUT2D eigenvalue weighted by molar-refractivity contribution is 0.0664. The van der Waals surface area contributed by atoms with Crippen molar-refractivity contribution in [3.8, 4) is 5.69 Å². The summed E-state index contributed by atoms with van der Waals surface area (Å²) >= 11 is 0. The fraction of sp³-hybridized carbons (Fsp3) is 0.357. The number of hydrogen-bond donors (Lipinski definition) is 1. The number of amides is 1. The van der Waals surface area contributed by atoms with Crippen molar-refractivity contribution in [2.75, 3.05) is 19.7 Å². The molecular formula is C14H16N4O3. The molecule has 21 heavy (non-hydrogen) atoms. The topological polar surface area (TPSA) is 80.4 Å². The summed E-state index contributed by atoms with van der Waals surface area (Å²) in [4.78, 5) is 30.4. The van der Waals surface area contributed by atoms with Crippen LogP contribution in [0.3, 0.4) is 0 Å². The van der Waals surface area contributed by atoms with Crippen LogP contribution < -0.4 is 5.56 Å². The number of aliphatic hydroxyl groups excluding tert-OH is 1. The normalized spacial score (nSPS) is 14.4. The maximum Gasteiger partial charge on any atom is 0.275 e. The van der Waals surface area contributed by atoms with Crippen LogP contribution in [0, 0.1) is 6.92 Å². The molecule has 3 heterocycles. The molecule has 1 N–H and O–H groups in total. The minimum Gasteiger partial charge on any atom is -0.395 e. The Hall–Kier alpha value is -2.41. The molecule has 2 aromatic rings. The summed E-state index contributed by atoms with van der Waals surface area (Å²) < 4.78 is 3.15. The summed E-state index contributed by atoms with van der Waals surface area (Å²) in [5.74, 6) is -0.222. The first-order valence-corrected chi connectivity index (χ1v) is 6.77. The second kappa shape index (κ2) is 5.17. The predicted molar refractivity (Wildman–Crippen MR) is 75.6 cm³/mol. The SMILES string of the molecule is Cc1cn(-c2ccc3n(c2=O)CCN(CCO)C3=O)cn1. The lowest BCUT2D eigenvalue weighted by atomic mass is 10.2. The molecule has 0 atom stereocenters. The summed E-state index contributed by atoms with van der Waals surface area (Å²) in [6.07, 6.45) is 3.36. The molecule has 2 aromatic heterocycles. The number of fused-ring (bicyclic) bond motifs is 1. The van der Waals surface area contributed by atoms with Crippen molar-refractivity contribution in [3.63, 3.8) is 0 Å². The van der Waals surface area contributed by atoms with Gasteiger partial charge in [0.15, 0.2) is 0 Å². The molecule has 0 aromatic carbocycles. The number of aryl methyl sites for hydroxylation is 1. The van der Waals surface area contributed by atoms with Crippen molar-refractivity contribution >= 4 is 5.91 Å². The third kappa shape index (κ3) is 2.25. The summed E-state index contributed by atoms with van der Waals surface area (Å²) in [7, 11) is 0. The number of nitrogens with zero attached hydrogens (tertiary/aromatic N) is 4. The second-order valence-corrected chi connectivity index (χ2v) is 5.00. The molecule has 0 aliphatic carbocycles. The number of aliphatic hydroxyl groups is 1. The number of carbonyl (C=O) groups excluding carboxylic acids is 1. The summed E-state index contributed by atoms with van der Waals surface area (Å²) in [5, 5.41) is 8.96. The van der Waals surface area contributed by atoms with Gasteiger partial charge in [0.25, 0.3) is 11.5 Å². The van der Waals surface area contributed by atoms with Crippen LogP contribution >= 0.6 is 0 Å². The van der Waals surface area contributed by atoms with Crippen LogP contribution in [0.5, 0.6) is 0 Å². The fourth-order valence-corrected chi connectivity index (χ4v) is 2.54. The van der Waals surface area contributed by atoms with Gasteiger partial charge in [-0.1, -0.05) is 0 Å². The number of aromatic nitrogens is 3. The molecule has 7 nitrogen and oxygen atoms in total. The lowest BCUT2D eigenvalue weighted by Crippen LogP contribution is -2.45. The molecule has 0 spiro atoms. The van der Waals surface area contributed by atoms with Gasteiger partial charge >= 0.3 is 0 Å². The van der Waals surface area contributed by atoms with Crippen molar-refractivity contribution in [1.82, 2.24) is 19.0 Å². The van der Waals surface area contributed by atoms with E-state index in [2.05, 4.69) is 4.98 Å². The first-order valence-electron chi connectivity index (χ1n) is 6.77. The van der Waals surface area contributed by atoms with Gasteiger partial charge in [-0.3, -0.25) is 9.59 Å². The lowest BCUT2D eigenvalue weighted by Gasteiger charge is -2.29. The fourth-order valence-electron chi connectivity index (χ4n) is 2.54. The van der Waals surface area contributed by atoms with Crippen LogP contribution in [0.4, 0.5) is 0 Å². The van der Waals surface area contributed by atoms with Gasteiger partial charge in [0, 0.05) is 25.8 Å². The Morgan fingerprint density at radius 3 is 2.76 bits per heavy atom. The standard InChI is InChI=1S/C14H16N4O3/c1-10-8-17(9-15-10)11-2-3-12-13(20)16(6-7-19)4-5-18(12)14(11)21/h2-3,8-9,19H,4-7H2,1H3. The summed E-state index contributed by atoms with van der Waals surface area (Å²) in [5.41, 5.74) is 1.45. The minimum absolute atomic E-state index is 0.0810. The zero-order valence-corrected chi connectivity index (χ0v) is 11.7. The molecule has 1 aliphatic heterocycles. The number of carbonyl (C=O) groups is 1. The highest BCUT2D eigenvalue weighted by Crippen LogP contribution is 2.12. The van der Waals surface area contributed by atoms with Gasteiger partial charge in [0.2, 0.25) is 0 Å². The zero-order valence-electron chi connectivity index (χ0n) is 11.7. The number of pyridine rings is 1. The van der Waals surface area contributed by atoms with Crippen molar-refractivity contribution in [2.45, 2.75) is 13.5 Å². The minimum atomic E-state index is -0.222. The van der Waals surface area contributed by atoms with Crippen LogP contribution in [0.15, 0.2) is 29.5 Å². The molecule has 110 valence electrons.